The molecule has 23 heavy (non-hydrogen) atoms. The van der Waals surface area contributed by atoms with Crippen molar-refractivity contribution in [3.63, 3.8) is 0 Å². The molecule has 0 bridgehead atoms. The molecule has 0 spiro atoms. The van der Waals surface area contributed by atoms with Crippen LogP contribution in [0.2, 0.25) is 0 Å². The summed E-state index contributed by atoms with van der Waals surface area (Å²) in [6, 6.07) is 8.97. The van der Waals surface area contributed by atoms with E-state index >= 15 is 0 Å². The number of aromatic nitrogens is 2. The minimum absolute atomic E-state index is 0.591. The van der Waals surface area contributed by atoms with E-state index in [4.69, 9.17) is 0 Å². The predicted octanol–water partition coefficient (Wildman–Crippen LogP) is 3.95. The molecule has 1 aliphatic rings. The molecule has 1 aliphatic carbocycles. The normalized spacial score (nSPS) is 13.7. The first-order valence-electron chi connectivity index (χ1n) is 8.41. The number of aryl methyl sites for hydroxylation is 1. The quantitative estimate of drug-likeness (QED) is 0.811. The molecule has 0 amide bonds. The molecule has 1 fully saturated rings. The van der Waals surface area contributed by atoms with Gasteiger partial charge in [-0.15, -0.1) is 0 Å². The zero-order valence-corrected chi connectivity index (χ0v) is 14.1. The van der Waals surface area contributed by atoms with E-state index in [0.717, 1.165) is 24.6 Å². The fraction of sp³-hybridized carbons (Fsp3) is 0.444. The topological polar surface area (TPSA) is 53.1 Å². The summed E-state index contributed by atoms with van der Waals surface area (Å²) < 4.78 is 0. The second-order valence-electron chi connectivity index (χ2n) is 5.98. The number of hydrogen-bond donors (Lipinski definition) is 2. The minimum Gasteiger partial charge on any atom is -0.372 e. The highest BCUT2D eigenvalue weighted by Crippen LogP contribution is 2.26. The SMILES string of the molecule is CCN(CC)c1ccc(Nc2nccc(NC3CC3)n2)c(C)c1. The van der Waals surface area contributed by atoms with Gasteiger partial charge in [0, 0.05) is 36.7 Å². The standard InChI is InChI=1S/C18H25N5/c1-4-23(5-2)15-8-9-16(13(3)12-15)21-18-19-11-10-17(22-18)20-14-6-7-14/h8-12,14H,4-7H2,1-3H3,(H2,19,20,21,22). The van der Waals surface area contributed by atoms with Gasteiger partial charge in [0.05, 0.1) is 0 Å². The summed E-state index contributed by atoms with van der Waals surface area (Å²) in [6.45, 7) is 8.50. The maximum atomic E-state index is 4.54. The van der Waals surface area contributed by atoms with Gasteiger partial charge in [0.1, 0.15) is 5.82 Å². The highest BCUT2D eigenvalue weighted by molar-refractivity contribution is 5.64. The second-order valence-corrected chi connectivity index (χ2v) is 5.98. The molecule has 1 aromatic heterocycles. The zero-order chi connectivity index (χ0) is 16.2. The Bertz CT molecular complexity index is 662. The lowest BCUT2D eigenvalue weighted by molar-refractivity contribution is 0.866. The van der Waals surface area contributed by atoms with Gasteiger partial charge >= 0.3 is 0 Å². The van der Waals surface area contributed by atoms with Gasteiger partial charge < -0.3 is 15.5 Å². The number of anilines is 4. The maximum absolute atomic E-state index is 4.54. The van der Waals surface area contributed by atoms with Crippen LogP contribution in [0, 0.1) is 6.92 Å². The van der Waals surface area contributed by atoms with Crippen molar-refractivity contribution in [2.24, 2.45) is 0 Å². The first kappa shape index (κ1) is 15.6. The Balaban J connectivity index is 1.74. The van der Waals surface area contributed by atoms with Crippen LogP contribution in [0.15, 0.2) is 30.5 Å². The van der Waals surface area contributed by atoms with E-state index < -0.39 is 0 Å². The van der Waals surface area contributed by atoms with Crippen molar-refractivity contribution in [2.75, 3.05) is 28.6 Å². The van der Waals surface area contributed by atoms with E-state index in [1.807, 2.05) is 6.07 Å². The third-order valence-corrected chi connectivity index (χ3v) is 4.17. The molecule has 1 aromatic carbocycles. The first-order valence-corrected chi connectivity index (χ1v) is 8.41. The predicted molar refractivity (Wildman–Crippen MR) is 96.7 cm³/mol. The Morgan fingerprint density at radius 1 is 1.17 bits per heavy atom. The number of nitrogens with zero attached hydrogens (tertiary/aromatic N) is 3. The van der Waals surface area contributed by atoms with Crippen molar-refractivity contribution in [1.82, 2.24) is 9.97 Å². The summed E-state index contributed by atoms with van der Waals surface area (Å²) >= 11 is 0. The summed E-state index contributed by atoms with van der Waals surface area (Å²) in [6.07, 6.45) is 4.26. The average Bonchev–Trinajstić information content (AvgIpc) is 3.35. The molecule has 5 heteroatoms. The van der Waals surface area contributed by atoms with E-state index in [2.05, 4.69) is 64.5 Å². The van der Waals surface area contributed by atoms with Gasteiger partial charge in [-0.2, -0.15) is 4.98 Å². The molecule has 3 rings (SSSR count). The van der Waals surface area contributed by atoms with Crippen LogP contribution >= 0.6 is 0 Å². The average molecular weight is 311 g/mol. The molecule has 0 unspecified atom stereocenters. The molecule has 0 aliphatic heterocycles. The van der Waals surface area contributed by atoms with E-state index in [-0.39, 0.29) is 0 Å². The number of rotatable bonds is 7. The van der Waals surface area contributed by atoms with Crippen LogP contribution in [0.3, 0.4) is 0 Å². The zero-order valence-electron chi connectivity index (χ0n) is 14.1. The lowest BCUT2D eigenvalue weighted by atomic mass is 10.1. The van der Waals surface area contributed by atoms with Crippen molar-refractivity contribution in [2.45, 2.75) is 39.7 Å². The van der Waals surface area contributed by atoms with Crippen molar-refractivity contribution >= 4 is 23.1 Å². The van der Waals surface area contributed by atoms with Crippen molar-refractivity contribution in [3.05, 3.63) is 36.0 Å². The molecular formula is C18H25N5. The Morgan fingerprint density at radius 3 is 2.61 bits per heavy atom. The molecule has 1 heterocycles. The van der Waals surface area contributed by atoms with Gasteiger partial charge in [-0.1, -0.05) is 0 Å². The fourth-order valence-electron chi connectivity index (χ4n) is 2.63. The lowest BCUT2D eigenvalue weighted by Crippen LogP contribution is -2.21. The van der Waals surface area contributed by atoms with E-state index in [1.54, 1.807) is 6.20 Å². The molecule has 2 N–H and O–H groups in total. The summed E-state index contributed by atoms with van der Waals surface area (Å²) in [4.78, 5) is 11.2. The Kier molecular flexibility index (Phi) is 4.65. The van der Waals surface area contributed by atoms with E-state index in [1.165, 1.54) is 24.1 Å². The van der Waals surface area contributed by atoms with Gasteiger partial charge in [-0.05, 0) is 63.4 Å². The van der Waals surface area contributed by atoms with Crippen molar-refractivity contribution < 1.29 is 0 Å². The summed E-state index contributed by atoms with van der Waals surface area (Å²) in [5, 5.41) is 6.73. The molecule has 1 saturated carbocycles. The Hall–Kier alpha value is -2.30. The Labute approximate surface area is 138 Å². The van der Waals surface area contributed by atoms with Crippen LogP contribution in [0.1, 0.15) is 32.3 Å². The molecule has 0 saturated heterocycles. The van der Waals surface area contributed by atoms with Crippen LogP contribution in [0.4, 0.5) is 23.1 Å². The monoisotopic (exact) mass is 311 g/mol. The maximum Gasteiger partial charge on any atom is 0.229 e. The highest BCUT2D eigenvalue weighted by Gasteiger charge is 2.21. The van der Waals surface area contributed by atoms with Crippen molar-refractivity contribution in [1.29, 1.82) is 0 Å². The van der Waals surface area contributed by atoms with Crippen LogP contribution in [-0.2, 0) is 0 Å². The van der Waals surface area contributed by atoms with Crippen LogP contribution < -0.4 is 15.5 Å². The van der Waals surface area contributed by atoms with E-state index in [0.29, 0.717) is 12.0 Å². The summed E-state index contributed by atoms with van der Waals surface area (Å²) in [7, 11) is 0. The van der Waals surface area contributed by atoms with Crippen LogP contribution in [0.25, 0.3) is 0 Å². The van der Waals surface area contributed by atoms with Gasteiger partial charge in [0.25, 0.3) is 0 Å². The van der Waals surface area contributed by atoms with Gasteiger partial charge in [0.15, 0.2) is 0 Å². The van der Waals surface area contributed by atoms with Gasteiger partial charge in [-0.3, -0.25) is 0 Å². The van der Waals surface area contributed by atoms with Crippen LogP contribution in [-0.4, -0.2) is 29.1 Å². The largest absolute Gasteiger partial charge is 0.372 e. The van der Waals surface area contributed by atoms with Gasteiger partial charge in [0.2, 0.25) is 5.95 Å². The first-order chi connectivity index (χ1) is 11.2. The fourth-order valence-corrected chi connectivity index (χ4v) is 2.63. The van der Waals surface area contributed by atoms with E-state index in [9.17, 15) is 0 Å². The van der Waals surface area contributed by atoms with Crippen molar-refractivity contribution in [3.8, 4) is 0 Å². The number of hydrogen-bond acceptors (Lipinski definition) is 5. The lowest BCUT2D eigenvalue weighted by Gasteiger charge is -2.22. The summed E-state index contributed by atoms with van der Waals surface area (Å²) in [5.41, 5.74) is 3.49. The molecular weight excluding hydrogens is 286 g/mol. The number of nitrogens with one attached hydrogen (secondary N) is 2. The minimum atomic E-state index is 0.591. The second kappa shape index (κ2) is 6.86. The third kappa shape index (κ3) is 3.92. The van der Waals surface area contributed by atoms with Gasteiger partial charge in [-0.25, -0.2) is 4.98 Å². The molecule has 0 radical (unpaired) electrons. The smallest absolute Gasteiger partial charge is 0.229 e. The molecule has 2 aromatic rings. The molecule has 5 nitrogen and oxygen atoms in total. The van der Waals surface area contributed by atoms with Crippen LogP contribution in [0.5, 0.6) is 0 Å². The molecule has 122 valence electrons. The number of benzene rings is 1. The Morgan fingerprint density at radius 2 is 1.96 bits per heavy atom. The third-order valence-electron chi connectivity index (χ3n) is 4.17. The highest BCUT2D eigenvalue weighted by atomic mass is 15.2. The summed E-state index contributed by atoms with van der Waals surface area (Å²) in [5.74, 6) is 1.52. The molecule has 0 atom stereocenters.